The number of anilines is 1. The molecule has 0 amide bonds. The Hall–Kier alpha value is -2.16. The first-order valence-electron chi connectivity index (χ1n) is 6.53. The Morgan fingerprint density at radius 2 is 1.95 bits per heavy atom. The molecule has 0 atom stereocenters. The number of hydrogen-bond acceptors (Lipinski definition) is 2. The van der Waals surface area contributed by atoms with Crippen LogP contribution in [0.25, 0.3) is 11.1 Å². The van der Waals surface area contributed by atoms with Crippen LogP contribution < -0.4 is 4.90 Å². The van der Waals surface area contributed by atoms with Gasteiger partial charge in [-0.1, -0.05) is 24.8 Å². The van der Waals surface area contributed by atoms with Crippen molar-refractivity contribution in [3.05, 3.63) is 59.7 Å². The van der Waals surface area contributed by atoms with Gasteiger partial charge in [0.2, 0.25) is 0 Å². The van der Waals surface area contributed by atoms with E-state index in [0.29, 0.717) is 11.1 Å². The number of nitrogens with zero attached hydrogens (tertiary/aromatic N) is 2. The lowest BCUT2D eigenvalue weighted by atomic mass is 10.0. The highest BCUT2D eigenvalue weighted by Crippen LogP contribution is 2.28. The van der Waals surface area contributed by atoms with Crippen LogP contribution in [0.15, 0.2) is 42.7 Å². The fourth-order valence-corrected chi connectivity index (χ4v) is 2.12. The van der Waals surface area contributed by atoms with Gasteiger partial charge in [-0.3, -0.25) is 0 Å². The van der Waals surface area contributed by atoms with Crippen LogP contribution >= 0.6 is 0 Å². The number of aromatic nitrogens is 1. The van der Waals surface area contributed by atoms with Crippen LogP contribution in [0.4, 0.5) is 10.2 Å². The fraction of sp³-hybridized carbons (Fsp3) is 0.235. The fourth-order valence-electron chi connectivity index (χ4n) is 2.12. The van der Waals surface area contributed by atoms with Gasteiger partial charge >= 0.3 is 0 Å². The summed E-state index contributed by atoms with van der Waals surface area (Å²) in [7, 11) is 1.92. The second-order valence-corrected chi connectivity index (χ2v) is 5.10. The van der Waals surface area contributed by atoms with Gasteiger partial charge in [0.05, 0.1) is 0 Å². The summed E-state index contributed by atoms with van der Waals surface area (Å²) in [5.74, 6) is 0.656. The highest BCUT2D eigenvalue weighted by atomic mass is 19.1. The molecule has 0 unspecified atom stereocenters. The van der Waals surface area contributed by atoms with Crippen LogP contribution in [0.5, 0.6) is 0 Å². The van der Waals surface area contributed by atoms with Crippen LogP contribution in [0.3, 0.4) is 0 Å². The topological polar surface area (TPSA) is 16.1 Å². The van der Waals surface area contributed by atoms with Crippen molar-refractivity contribution in [1.29, 1.82) is 0 Å². The van der Waals surface area contributed by atoms with E-state index in [2.05, 4.69) is 11.6 Å². The van der Waals surface area contributed by atoms with Gasteiger partial charge in [0, 0.05) is 30.1 Å². The van der Waals surface area contributed by atoms with Crippen LogP contribution in [0, 0.1) is 19.7 Å². The quantitative estimate of drug-likeness (QED) is 0.817. The molecule has 2 aromatic rings. The van der Waals surface area contributed by atoms with Crippen LogP contribution in [-0.4, -0.2) is 12.0 Å². The minimum Gasteiger partial charge on any atom is -0.334 e. The highest BCUT2D eigenvalue weighted by molar-refractivity contribution is 5.67. The zero-order valence-corrected chi connectivity index (χ0v) is 12.4. The first-order valence-corrected chi connectivity index (χ1v) is 6.53. The molecule has 0 saturated carbocycles. The smallest absolute Gasteiger partial charge is 0.135 e. The summed E-state index contributed by atoms with van der Waals surface area (Å²) in [5.41, 5.74) is 3.93. The van der Waals surface area contributed by atoms with E-state index in [4.69, 9.17) is 0 Å². The summed E-state index contributed by atoms with van der Waals surface area (Å²) in [6.45, 7) is 9.57. The predicted octanol–water partition coefficient (Wildman–Crippen LogP) is 4.47. The number of aryl methyl sites for hydroxylation is 2. The number of halogens is 1. The lowest BCUT2D eigenvalue weighted by molar-refractivity contribution is 0.622. The monoisotopic (exact) mass is 270 g/mol. The average molecular weight is 270 g/mol. The zero-order chi connectivity index (χ0) is 14.9. The molecule has 2 rings (SSSR count). The number of allylic oxidation sites excluding steroid dienone is 1. The minimum atomic E-state index is -0.185. The first kappa shape index (κ1) is 14.3. The molecule has 0 radical (unpaired) electrons. The van der Waals surface area contributed by atoms with Crippen molar-refractivity contribution in [2.75, 3.05) is 11.9 Å². The average Bonchev–Trinajstić information content (AvgIpc) is 2.41. The molecule has 0 fully saturated rings. The number of rotatable bonds is 3. The largest absolute Gasteiger partial charge is 0.334 e. The minimum absolute atomic E-state index is 0.185. The normalized spacial score (nSPS) is 10.4. The van der Waals surface area contributed by atoms with Gasteiger partial charge in [0.15, 0.2) is 0 Å². The third-order valence-corrected chi connectivity index (χ3v) is 3.44. The van der Waals surface area contributed by atoms with Crippen LogP contribution in [0.1, 0.15) is 18.1 Å². The van der Waals surface area contributed by atoms with Crippen molar-refractivity contribution < 1.29 is 4.39 Å². The number of benzene rings is 1. The Balaban J connectivity index is 2.49. The Bertz CT molecular complexity index is 662. The van der Waals surface area contributed by atoms with E-state index >= 15 is 0 Å². The standard InChI is InChI=1S/C17H19FN2/c1-11(2)20(5)17-13(4)9-14(10-19-17)15-8-6-7-12(3)16(15)18/h6-10H,1H2,2-5H3. The molecule has 1 aromatic heterocycles. The molecule has 1 heterocycles. The molecule has 3 heteroatoms. The maximum absolute atomic E-state index is 14.2. The van der Waals surface area contributed by atoms with Gasteiger partial charge in [-0.05, 0) is 38.0 Å². The molecule has 0 bridgehead atoms. The second kappa shape index (κ2) is 5.45. The van der Waals surface area contributed by atoms with E-state index < -0.39 is 0 Å². The highest BCUT2D eigenvalue weighted by Gasteiger charge is 2.11. The van der Waals surface area contributed by atoms with Gasteiger partial charge in [0.1, 0.15) is 11.6 Å². The van der Waals surface area contributed by atoms with Crippen molar-refractivity contribution in [2.45, 2.75) is 20.8 Å². The van der Waals surface area contributed by atoms with Gasteiger partial charge in [-0.25, -0.2) is 9.37 Å². The molecule has 0 aliphatic carbocycles. The molecule has 0 aliphatic heterocycles. The van der Waals surface area contributed by atoms with E-state index in [0.717, 1.165) is 22.6 Å². The molecule has 2 nitrogen and oxygen atoms in total. The second-order valence-electron chi connectivity index (χ2n) is 5.10. The summed E-state index contributed by atoms with van der Waals surface area (Å²) in [4.78, 5) is 6.37. The van der Waals surface area contributed by atoms with Crippen LogP contribution in [0.2, 0.25) is 0 Å². The Labute approximate surface area is 119 Å². The zero-order valence-electron chi connectivity index (χ0n) is 12.4. The van der Waals surface area contributed by atoms with E-state index in [1.165, 1.54) is 0 Å². The number of pyridine rings is 1. The summed E-state index contributed by atoms with van der Waals surface area (Å²) in [5, 5.41) is 0. The van der Waals surface area contributed by atoms with Crippen molar-refractivity contribution in [3.63, 3.8) is 0 Å². The van der Waals surface area contributed by atoms with E-state index in [-0.39, 0.29) is 5.82 Å². The molecular formula is C17H19FN2. The molecule has 0 saturated heterocycles. The third kappa shape index (κ3) is 2.57. The third-order valence-electron chi connectivity index (χ3n) is 3.44. The lowest BCUT2D eigenvalue weighted by Gasteiger charge is -2.20. The van der Waals surface area contributed by atoms with E-state index in [9.17, 15) is 4.39 Å². The SMILES string of the molecule is C=C(C)N(C)c1ncc(-c2cccc(C)c2F)cc1C. The number of hydrogen-bond donors (Lipinski definition) is 0. The van der Waals surface area contributed by atoms with E-state index in [1.54, 1.807) is 25.3 Å². The summed E-state index contributed by atoms with van der Waals surface area (Å²) in [6.07, 6.45) is 1.71. The van der Waals surface area contributed by atoms with Crippen molar-refractivity contribution in [2.24, 2.45) is 0 Å². The van der Waals surface area contributed by atoms with Crippen molar-refractivity contribution in [3.8, 4) is 11.1 Å². The molecule has 20 heavy (non-hydrogen) atoms. The predicted molar refractivity (Wildman–Crippen MR) is 82.3 cm³/mol. The Morgan fingerprint density at radius 1 is 1.25 bits per heavy atom. The molecule has 0 N–H and O–H groups in total. The molecule has 0 aliphatic rings. The molecular weight excluding hydrogens is 251 g/mol. The van der Waals surface area contributed by atoms with Crippen molar-refractivity contribution in [1.82, 2.24) is 4.98 Å². The Kier molecular flexibility index (Phi) is 3.89. The van der Waals surface area contributed by atoms with Gasteiger partial charge < -0.3 is 4.90 Å². The summed E-state index contributed by atoms with van der Waals surface area (Å²) in [6, 6.07) is 7.36. The van der Waals surface area contributed by atoms with Gasteiger partial charge in [0.25, 0.3) is 0 Å². The summed E-state index contributed by atoms with van der Waals surface area (Å²) >= 11 is 0. The maximum atomic E-state index is 14.2. The molecule has 104 valence electrons. The molecule has 0 spiro atoms. The van der Waals surface area contributed by atoms with Gasteiger partial charge in [-0.2, -0.15) is 0 Å². The van der Waals surface area contributed by atoms with E-state index in [1.807, 2.05) is 37.9 Å². The van der Waals surface area contributed by atoms with Crippen molar-refractivity contribution >= 4 is 5.82 Å². The lowest BCUT2D eigenvalue weighted by Crippen LogP contribution is -2.16. The van der Waals surface area contributed by atoms with Crippen LogP contribution in [-0.2, 0) is 0 Å². The molecule has 1 aromatic carbocycles. The van der Waals surface area contributed by atoms with Gasteiger partial charge in [-0.15, -0.1) is 0 Å². The first-order chi connectivity index (χ1) is 9.41. The summed E-state index contributed by atoms with van der Waals surface area (Å²) < 4.78 is 14.2. The maximum Gasteiger partial charge on any atom is 0.135 e. The Morgan fingerprint density at radius 3 is 2.55 bits per heavy atom.